The zero-order valence-electron chi connectivity index (χ0n) is 14.1. The lowest BCUT2D eigenvalue weighted by Gasteiger charge is -2.31. The fraction of sp³-hybridized carbons (Fsp3) is 0.529. The first-order valence-electron chi connectivity index (χ1n) is 8.30. The third kappa shape index (κ3) is 3.66. The average Bonchev–Trinajstić information content (AvgIpc) is 3.04. The van der Waals surface area contributed by atoms with Crippen molar-refractivity contribution in [3.8, 4) is 5.75 Å². The molecule has 0 spiro atoms. The fourth-order valence-corrected chi connectivity index (χ4v) is 3.67. The highest BCUT2D eigenvalue weighted by atomic mass is 32.2. The maximum absolute atomic E-state index is 13.7. The number of rotatable bonds is 6. The van der Waals surface area contributed by atoms with E-state index in [4.69, 9.17) is 4.74 Å². The van der Waals surface area contributed by atoms with E-state index >= 15 is 0 Å². The van der Waals surface area contributed by atoms with Gasteiger partial charge in [-0.3, -0.25) is 4.57 Å². The zero-order chi connectivity index (χ0) is 16.9. The molecule has 1 saturated heterocycles. The first-order chi connectivity index (χ1) is 11.7. The van der Waals surface area contributed by atoms with E-state index in [9.17, 15) is 4.39 Å². The Balaban J connectivity index is 1.69. The third-order valence-corrected chi connectivity index (χ3v) is 5.51. The summed E-state index contributed by atoms with van der Waals surface area (Å²) in [7, 11) is 0. The average molecular weight is 350 g/mol. The predicted octanol–water partition coefficient (Wildman–Crippen LogP) is 3.35. The molecule has 2 heterocycles. The number of benzene rings is 1. The predicted molar refractivity (Wildman–Crippen MR) is 95.2 cm³/mol. The maximum atomic E-state index is 13.7. The Morgan fingerprint density at radius 2 is 2.00 bits per heavy atom. The van der Waals surface area contributed by atoms with E-state index in [-0.39, 0.29) is 18.2 Å². The SMILES string of the molecule is CCn1c(COc2ccccc2F)nnc1N1CCC(SC)CC1. The molecule has 1 fully saturated rings. The van der Waals surface area contributed by atoms with Crippen molar-refractivity contribution in [2.75, 3.05) is 24.2 Å². The molecule has 1 aliphatic rings. The lowest BCUT2D eigenvalue weighted by Crippen LogP contribution is -2.36. The molecule has 7 heteroatoms. The summed E-state index contributed by atoms with van der Waals surface area (Å²) in [6, 6.07) is 6.41. The second-order valence-corrected chi connectivity index (χ2v) is 6.94. The molecule has 130 valence electrons. The fourth-order valence-electron chi connectivity index (χ4n) is 2.99. The molecule has 3 rings (SSSR count). The monoisotopic (exact) mass is 350 g/mol. The Bertz CT molecular complexity index is 670. The first kappa shape index (κ1) is 17.1. The molecule has 0 amide bonds. The van der Waals surface area contributed by atoms with Crippen LogP contribution in [0.1, 0.15) is 25.6 Å². The first-order valence-corrected chi connectivity index (χ1v) is 9.58. The second kappa shape index (κ2) is 7.88. The molecule has 1 aromatic heterocycles. The van der Waals surface area contributed by atoms with Gasteiger partial charge in [0, 0.05) is 24.9 Å². The van der Waals surface area contributed by atoms with Gasteiger partial charge in [-0.25, -0.2) is 4.39 Å². The molecule has 0 bridgehead atoms. The lowest BCUT2D eigenvalue weighted by atomic mass is 10.1. The molecule has 1 aromatic carbocycles. The van der Waals surface area contributed by atoms with Gasteiger partial charge in [0.15, 0.2) is 17.4 Å². The number of aromatic nitrogens is 3. The van der Waals surface area contributed by atoms with Crippen molar-refractivity contribution in [1.82, 2.24) is 14.8 Å². The van der Waals surface area contributed by atoms with Crippen molar-refractivity contribution in [2.24, 2.45) is 0 Å². The molecule has 2 aromatic rings. The Morgan fingerprint density at radius 3 is 2.67 bits per heavy atom. The number of nitrogens with zero attached hydrogens (tertiary/aromatic N) is 4. The van der Waals surface area contributed by atoms with Crippen molar-refractivity contribution in [2.45, 2.75) is 38.2 Å². The van der Waals surface area contributed by atoms with Crippen LogP contribution < -0.4 is 9.64 Å². The number of thioether (sulfide) groups is 1. The molecule has 0 atom stereocenters. The highest BCUT2D eigenvalue weighted by Crippen LogP contribution is 2.25. The summed E-state index contributed by atoms with van der Waals surface area (Å²) in [5.41, 5.74) is 0. The summed E-state index contributed by atoms with van der Waals surface area (Å²) in [6.07, 6.45) is 4.50. The molecule has 5 nitrogen and oxygen atoms in total. The van der Waals surface area contributed by atoms with Crippen LogP contribution in [-0.2, 0) is 13.2 Å². The Morgan fingerprint density at radius 1 is 1.25 bits per heavy atom. The molecule has 0 N–H and O–H groups in total. The van der Waals surface area contributed by atoms with Gasteiger partial charge in [0.25, 0.3) is 0 Å². The largest absolute Gasteiger partial charge is 0.483 e. The standard InChI is InChI=1S/C17H23FN4OS/c1-3-22-16(12-23-15-7-5-4-6-14(15)18)19-20-17(22)21-10-8-13(24-2)9-11-21/h4-7,13H,3,8-12H2,1-2H3. The van der Waals surface area contributed by atoms with Gasteiger partial charge in [0.2, 0.25) is 5.95 Å². The Hall–Kier alpha value is -1.76. The van der Waals surface area contributed by atoms with Gasteiger partial charge >= 0.3 is 0 Å². The van der Waals surface area contributed by atoms with Crippen molar-refractivity contribution < 1.29 is 9.13 Å². The number of piperidine rings is 1. The van der Waals surface area contributed by atoms with E-state index in [1.165, 1.54) is 18.9 Å². The molecule has 0 unspecified atom stereocenters. The van der Waals surface area contributed by atoms with E-state index in [0.29, 0.717) is 0 Å². The van der Waals surface area contributed by atoms with Crippen LogP contribution in [0.25, 0.3) is 0 Å². The highest BCUT2D eigenvalue weighted by Gasteiger charge is 2.23. The normalized spacial score (nSPS) is 15.7. The van der Waals surface area contributed by atoms with Crippen molar-refractivity contribution in [1.29, 1.82) is 0 Å². The molecular weight excluding hydrogens is 327 g/mol. The number of hydrogen-bond acceptors (Lipinski definition) is 5. The van der Waals surface area contributed by atoms with E-state index in [2.05, 4.69) is 32.8 Å². The summed E-state index contributed by atoms with van der Waals surface area (Å²) in [4.78, 5) is 2.29. The van der Waals surface area contributed by atoms with E-state index in [1.807, 2.05) is 11.8 Å². The van der Waals surface area contributed by atoms with Crippen LogP contribution >= 0.6 is 11.8 Å². The Labute approximate surface area is 146 Å². The topological polar surface area (TPSA) is 43.2 Å². The summed E-state index contributed by atoms with van der Waals surface area (Å²) in [6.45, 7) is 5.04. The lowest BCUT2D eigenvalue weighted by molar-refractivity contribution is 0.275. The minimum absolute atomic E-state index is 0.211. The van der Waals surface area contributed by atoms with E-state index < -0.39 is 0 Å². The number of anilines is 1. The minimum Gasteiger partial charge on any atom is -0.483 e. The van der Waals surface area contributed by atoms with Crippen LogP contribution in [0, 0.1) is 5.82 Å². The Kier molecular flexibility index (Phi) is 5.60. The summed E-state index contributed by atoms with van der Waals surface area (Å²) >= 11 is 1.94. The van der Waals surface area contributed by atoms with Gasteiger partial charge in [-0.1, -0.05) is 12.1 Å². The van der Waals surface area contributed by atoms with Gasteiger partial charge in [-0.15, -0.1) is 10.2 Å². The smallest absolute Gasteiger partial charge is 0.227 e. The summed E-state index contributed by atoms with van der Waals surface area (Å²) in [5, 5.41) is 9.36. The van der Waals surface area contributed by atoms with E-state index in [0.717, 1.165) is 36.7 Å². The van der Waals surface area contributed by atoms with Crippen LogP contribution in [0.15, 0.2) is 24.3 Å². The van der Waals surface area contributed by atoms with Crippen LogP contribution in [0.4, 0.5) is 10.3 Å². The molecule has 0 saturated carbocycles. The van der Waals surface area contributed by atoms with Crippen LogP contribution in [0.2, 0.25) is 0 Å². The van der Waals surface area contributed by atoms with Crippen LogP contribution in [0.5, 0.6) is 5.75 Å². The van der Waals surface area contributed by atoms with Crippen molar-refractivity contribution in [3.05, 3.63) is 35.9 Å². The summed E-state index contributed by atoms with van der Waals surface area (Å²) in [5.74, 6) is 1.50. The van der Waals surface area contributed by atoms with Gasteiger partial charge < -0.3 is 9.64 Å². The molecule has 0 radical (unpaired) electrons. The number of ether oxygens (including phenoxy) is 1. The number of halogens is 1. The quantitative estimate of drug-likeness (QED) is 0.799. The molecular formula is C17H23FN4OS. The molecule has 1 aliphatic heterocycles. The summed E-state index contributed by atoms with van der Waals surface area (Å²) < 4.78 is 21.3. The highest BCUT2D eigenvalue weighted by molar-refractivity contribution is 7.99. The molecule has 24 heavy (non-hydrogen) atoms. The zero-order valence-corrected chi connectivity index (χ0v) is 14.9. The second-order valence-electron chi connectivity index (χ2n) is 5.80. The van der Waals surface area contributed by atoms with Crippen molar-refractivity contribution >= 4 is 17.7 Å². The van der Waals surface area contributed by atoms with Gasteiger partial charge in [-0.05, 0) is 38.2 Å². The van der Waals surface area contributed by atoms with E-state index in [1.54, 1.807) is 18.2 Å². The number of para-hydroxylation sites is 1. The minimum atomic E-state index is -0.362. The number of hydrogen-bond donors (Lipinski definition) is 0. The third-order valence-electron chi connectivity index (χ3n) is 4.38. The van der Waals surface area contributed by atoms with Crippen LogP contribution in [-0.4, -0.2) is 39.4 Å². The van der Waals surface area contributed by atoms with Gasteiger partial charge in [-0.2, -0.15) is 11.8 Å². The van der Waals surface area contributed by atoms with Gasteiger partial charge in [0.05, 0.1) is 0 Å². The van der Waals surface area contributed by atoms with Crippen molar-refractivity contribution in [3.63, 3.8) is 0 Å². The van der Waals surface area contributed by atoms with Crippen LogP contribution in [0.3, 0.4) is 0 Å². The maximum Gasteiger partial charge on any atom is 0.227 e. The molecule has 0 aliphatic carbocycles. The van der Waals surface area contributed by atoms with Gasteiger partial charge in [0.1, 0.15) is 6.61 Å².